The van der Waals surface area contributed by atoms with Gasteiger partial charge in [0.15, 0.2) is 0 Å². The first-order valence-electron chi connectivity index (χ1n) is 16.3. The van der Waals surface area contributed by atoms with Gasteiger partial charge in [0.05, 0.1) is 35.9 Å². The van der Waals surface area contributed by atoms with Crippen LogP contribution in [0.15, 0.2) is 60.9 Å². The van der Waals surface area contributed by atoms with Gasteiger partial charge in [0.2, 0.25) is 5.91 Å². The lowest BCUT2D eigenvalue weighted by Crippen LogP contribution is -2.53. The standard InChI is InChI=1S/C36H45N7O3/c1-22(2)30(37)32(44)42-18-6-8-29(42)31-38-20-27(40-31)25-13-9-23(10-14-25)24-11-15-26(16-12-24)28-21-39-33(41-28)36(35(3,4)5)17-7-19-43(36)34(45)46/h9-16,20-22,29-30H,6-8,17-19,37H2,1-5H3,(H,38,40)(H,39,41)(H,45,46). The Morgan fingerprint density at radius 1 is 0.891 bits per heavy atom. The molecule has 4 heterocycles. The van der Waals surface area contributed by atoms with Gasteiger partial charge in [-0.2, -0.15) is 0 Å². The Labute approximate surface area is 270 Å². The summed E-state index contributed by atoms with van der Waals surface area (Å²) in [5.41, 5.74) is 11.1. The van der Waals surface area contributed by atoms with Crippen LogP contribution in [0, 0.1) is 11.3 Å². The third kappa shape index (κ3) is 5.48. The first kappa shape index (κ1) is 31.5. The Hall–Kier alpha value is -4.44. The number of nitrogens with two attached hydrogens (primary N) is 1. The van der Waals surface area contributed by atoms with Crippen LogP contribution in [-0.4, -0.2) is 66.0 Å². The van der Waals surface area contributed by atoms with Gasteiger partial charge < -0.3 is 25.7 Å². The maximum Gasteiger partial charge on any atom is 0.408 e. The molecule has 2 aromatic heterocycles. The highest BCUT2D eigenvalue weighted by Crippen LogP contribution is 2.50. The van der Waals surface area contributed by atoms with Crippen LogP contribution in [0.1, 0.15) is 78.0 Å². The van der Waals surface area contributed by atoms with E-state index < -0.39 is 17.7 Å². The van der Waals surface area contributed by atoms with E-state index in [1.54, 1.807) is 4.90 Å². The van der Waals surface area contributed by atoms with Gasteiger partial charge in [0.1, 0.15) is 17.2 Å². The summed E-state index contributed by atoms with van der Waals surface area (Å²) in [5, 5.41) is 9.99. The van der Waals surface area contributed by atoms with E-state index in [1.165, 1.54) is 0 Å². The number of benzene rings is 2. The maximum atomic E-state index is 13.0. The van der Waals surface area contributed by atoms with E-state index in [9.17, 15) is 14.7 Å². The van der Waals surface area contributed by atoms with Crippen molar-refractivity contribution in [3.63, 3.8) is 0 Å². The van der Waals surface area contributed by atoms with Crippen molar-refractivity contribution in [1.82, 2.24) is 29.7 Å². The fourth-order valence-corrected chi connectivity index (χ4v) is 7.27. The first-order valence-corrected chi connectivity index (χ1v) is 16.3. The van der Waals surface area contributed by atoms with Crippen LogP contribution < -0.4 is 5.73 Å². The van der Waals surface area contributed by atoms with Crippen molar-refractivity contribution in [2.24, 2.45) is 17.1 Å². The summed E-state index contributed by atoms with van der Waals surface area (Å²) in [4.78, 5) is 44.9. The number of carbonyl (C=O) groups excluding carboxylic acids is 1. The van der Waals surface area contributed by atoms with Crippen LogP contribution in [0.3, 0.4) is 0 Å². The predicted molar refractivity (Wildman–Crippen MR) is 179 cm³/mol. The predicted octanol–water partition coefficient (Wildman–Crippen LogP) is 6.80. The molecule has 0 bridgehead atoms. The second kappa shape index (κ2) is 12.1. The molecule has 4 aromatic rings. The molecule has 2 aromatic carbocycles. The number of H-pyrrole nitrogens is 2. The van der Waals surface area contributed by atoms with E-state index in [0.29, 0.717) is 18.9 Å². The zero-order valence-corrected chi connectivity index (χ0v) is 27.4. The first-order chi connectivity index (χ1) is 21.9. The Bertz CT molecular complexity index is 1700. The number of hydrogen-bond acceptors (Lipinski definition) is 5. The molecule has 0 spiro atoms. The molecule has 6 rings (SSSR count). The van der Waals surface area contributed by atoms with Crippen molar-refractivity contribution in [1.29, 1.82) is 0 Å². The van der Waals surface area contributed by atoms with Gasteiger partial charge in [-0.1, -0.05) is 83.1 Å². The summed E-state index contributed by atoms with van der Waals surface area (Å²) >= 11 is 0. The highest BCUT2D eigenvalue weighted by atomic mass is 16.4. The molecule has 2 aliphatic rings. The average molecular weight is 624 g/mol. The quantitative estimate of drug-likeness (QED) is 0.178. The van der Waals surface area contributed by atoms with Crippen molar-refractivity contribution in [3.05, 3.63) is 72.6 Å². The van der Waals surface area contributed by atoms with E-state index >= 15 is 0 Å². The Morgan fingerprint density at radius 2 is 1.46 bits per heavy atom. The van der Waals surface area contributed by atoms with Crippen LogP contribution >= 0.6 is 0 Å². The van der Waals surface area contributed by atoms with Crippen LogP contribution in [0.5, 0.6) is 0 Å². The molecule has 0 radical (unpaired) electrons. The van der Waals surface area contributed by atoms with Gasteiger partial charge in [0, 0.05) is 13.1 Å². The third-order valence-corrected chi connectivity index (χ3v) is 10.00. The highest BCUT2D eigenvalue weighted by Gasteiger charge is 2.55. The summed E-state index contributed by atoms with van der Waals surface area (Å²) in [5.74, 6) is 1.58. The minimum Gasteiger partial charge on any atom is -0.465 e. The fourth-order valence-electron chi connectivity index (χ4n) is 7.27. The van der Waals surface area contributed by atoms with Gasteiger partial charge in [-0.15, -0.1) is 0 Å². The number of carboxylic acid groups (broad SMARTS) is 1. The zero-order chi connectivity index (χ0) is 32.8. The van der Waals surface area contributed by atoms with Gasteiger partial charge in [-0.05, 0) is 59.3 Å². The molecule has 3 atom stereocenters. The summed E-state index contributed by atoms with van der Waals surface area (Å²) in [6, 6.07) is 16.1. The maximum absolute atomic E-state index is 13.0. The van der Waals surface area contributed by atoms with Gasteiger partial charge in [-0.3, -0.25) is 9.69 Å². The van der Waals surface area contributed by atoms with Crippen molar-refractivity contribution in [2.75, 3.05) is 13.1 Å². The van der Waals surface area contributed by atoms with Crippen LogP contribution in [-0.2, 0) is 10.3 Å². The molecular weight excluding hydrogens is 578 g/mol. The SMILES string of the molecule is CC(C)C(N)C(=O)N1CCCC1c1ncc(-c2ccc(-c3ccc(-c4cnc(C5(C(C)(C)C)CCCN5C(=O)O)[nH]4)cc3)cc2)[nH]1. The molecule has 0 saturated carbocycles. The smallest absolute Gasteiger partial charge is 0.408 e. The minimum atomic E-state index is -0.909. The van der Waals surface area contributed by atoms with E-state index in [0.717, 1.165) is 65.1 Å². The molecule has 0 aliphatic carbocycles. The summed E-state index contributed by atoms with van der Waals surface area (Å²) in [6.45, 7) is 11.4. The molecule has 10 heteroatoms. The number of aromatic nitrogens is 4. The second-order valence-electron chi connectivity index (χ2n) is 14.1. The van der Waals surface area contributed by atoms with E-state index in [4.69, 9.17) is 10.7 Å². The minimum absolute atomic E-state index is 0.00809. The summed E-state index contributed by atoms with van der Waals surface area (Å²) in [6.07, 6.45) is 6.09. The van der Waals surface area contributed by atoms with Crippen LogP contribution in [0.4, 0.5) is 4.79 Å². The van der Waals surface area contributed by atoms with Crippen molar-refractivity contribution >= 4 is 12.0 Å². The van der Waals surface area contributed by atoms with Crippen LogP contribution in [0.2, 0.25) is 0 Å². The van der Waals surface area contributed by atoms with Crippen molar-refractivity contribution < 1.29 is 14.7 Å². The third-order valence-electron chi connectivity index (χ3n) is 10.00. The fraction of sp³-hybridized carbons (Fsp3) is 0.444. The molecule has 2 saturated heterocycles. The molecule has 2 fully saturated rings. The Morgan fingerprint density at radius 3 is 2.02 bits per heavy atom. The number of aromatic amines is 2. The lowest BCUT2D eigenvalue weighted by atomic mass is 9.71. The average Bonchev–Trinajstić information content (AvgIpc) is 3.85. The van der Waals surface area contributed by atoms with Crippen molar-refractivity contribution in [3.8, 4) is 33.6 Å². The van der Waals surface area contributed by atoms with Gasteiger partial charge >= 0.3 is 6.09 Å². The monoisotopic (exact) mass is 623 g/mol. The summed E-state index contributed by atoms with van der Waals surface area (Å²) < 4.78 is 0. The normalized spacial score (nSPS) is 20.9. The summed E-state index contributed by atoms with van der Waals surface area (Å²) in [7, 11) is 0. The molecule has 3 unspecified atom stereocenters. The van der Waals surface area contributed by atoms with Crippen molar-refractivity contribution in [2.45, 2.75) is 77.9 Å². The number of amides is 2. The van der Waals surface area contributed by atoms with E-state index in [1.807, 2.05) is 31.1 Å². The Kier molecular flexibility index (Phi) is 8.27. The molecular formula is C36H45N7O3. The number of carbonyl (C=O) groups is 2. The number of nitrogens with one attached hydrogen (secondary N) is 2. The van der Waals surface area contributed by atoms with Gasteiger partial charge in [-0.25, -0.2) is 14.8 Å². The highest BCUT2D eigenvalue weighted by molar-refractivity contribution is 5.82. The Balaban J connectivity index is 1.17. The molecule has 2 aliphatic heterocycles. The molecule has 46 heavy (non-hydrogen) atoms. The van der Waals surface area contributed by atoms with Crippen LogP contribution in [0.25, 0.3) is 33.6 Å². The zero-order valence-electron chi connectivity index (χ0n) is 27.4. The molecule has 10 nitrogen and oxygen atoms in total. The van der Waals surface area contributed by atoms with E-state index in [2.05, 4.69) is 84.3 Å². The number of imidazole rings is 2. The number of nitrogens with zero attached hydrogens (tertiary/aromatic N) is 4. The lowest BCUT2D eigenvalue weighted by molar-refractivity contribution is -0.134. The lowest BCUT2D eigenvalue weighted by Gasteiger charge is -2.45. The molecule has 242 valence electrons. The molecule has 5 N–H and O–H groups in total. The second-order valence-corrected chi connectivity index (χ2v) is 14.1. The topological polar surface area (TPSA) is 144 Å². The largest absolute Gasteiger partial charge is 0.465 e. The molecule has 2 amide bonds. The number of hydrogen-bond donors (Lipinski definition) is 4. The number of likely N-dealkylation sites (tertiary alicyclic amines) is 2. The van der Waals surface area contributed by atoms with Gasteiger partial charge in [0.25, 0.3) is 0 Å². The van der Waals surface area contributed by atoms with E-state index in [-0.39, 0.29) is 23.3 Å². The number of rotatable bonds is 7.